The Morgan fingerprint density at radius 1 is 1.09 bits per heavy atom. The summed E-state index contributed by atoms with van der Waals surface area (Å²) in [5.41, 5.74) is 3.70. The lowest BCUT2D eigenvalue weighted by atomic mass is 10.1. The zero-order valence-electron chi connectivity index (χ0n) is 19.2. The molecular weight excluding hydrogens is 416 g/mol. The van der Waals surface area contributed by atoms with E-state index in [2.05, 4.69) is 39.4 Å². The van der Waals surface area contributed by atoms with Crippen LogP contribution in [0, 0.1) is 0 Å². The number of piperazine rings is 1. The van der Waals surface area contributed by atoms with Gasteiger partial charge in [-0.25, -0.2) is 9.67 Å². The van der Waals surface area contributed by atoms with E-state index in [9.17, 15) is 4.79 Å². The monoisotopic (exact) mass is 444 g/mol. The first-order chi connectivity index (χ1) is 16.0. The van der Waals surface area contributed by atoms with Gasteiger partial charge in [0.05, 0.1) is 23.4 Å². The second-order valence-electron chi connectivity index (χ2n) is 8.74. The van der Waals surface area contributed by atoms with Gasteiger partial charge in [0.25, 0.3) is 5.91 Å². The number of amides is 1. The summed E-state index contributed by atoms with van der Waals surface area (Å²) in [6, 6.07) is 13.6. The van der Waals surface area contributed by atoms with Crippen LogP contribution in [-0.4, -0.2) is 58.8 Å². The van der Waals surface area contributed by atoms with Crippen molar-refractivity contribution in [3.05, 3.63) is 60.5 Å². The van der Waals surface area contributed by atoms with Gasteiger partial charge in [0.15, 0.2) is 11.4 Å². The Labute approximate surface area is 192 Å². The van der Waals surface area contributed by atoms with Crippen molar-refractivity contribution in [1.29, 1.82) is 0 Å². The van der Waals surface area contributed by atoms with Crippen molar-refractivity contribution in [3.8, 4) is 11.5 Å². The van der Waals surface area contributed by atoms with E-state index in [1.165, 1.54) is 5.69 Å². The highest BCUT2D eigenvalue weighted by molar-refractivity contribution is 6.12. The summed E-state index contributed by atoms with van der Waals surface area (Å²) in [6.07, 6.45) is 3.31. The molecular formula is C25H28N6O2. The number of likely N-dealkylation sites (N-methyl/N-ethyl adjacent to an activating group) is 1. The molecule has 5 rings (SSSR count). The van der Waals surface area contributed by atoms with Crippen molar-refractivity contribution in [2.45, 2.75) is 19.9 Å². The maximum absolute atomic E-state index is 13.3. The maximum Gasteiger partial charge on any atom is 0.256 e. The summed E-state index contributed by atoms with van der Waals surface area (Å²) >= 11 is 0. The zero-order chi connectivity index (χ0) is 22.9. The van der Waals surface area contributed by atoms with Gasteiger partial charge in [-0.3, -0.25) is 4.79 Å². The van der Waals surface area contributed by atoms with Crippen LogP contribution in [0.4, 0.5) is 11.4 Å². The van der Waals surface area contributed by atoms with Gasteiger partial charge >= 0.3 is 0 Å². The Bertz CT molecular complexity index is 1250. The zero-order valence-corrected chi connectivity index (χ0v) is 19.2. The van der Waals surface area contributed by atoms with E-state index in [0.29, 0.717) is 28.1 Å². The third-order valence-electron chi connectivity index (χ3n) is 6.07. The normalized spacial score (nSPS) is 14.8. The first-order valence-corrected chi connectivity index (χ1v) is 11.3. The molecule has 0 radical (unpaired) electrons. The van der Waals surface area contributed by atoms with Crippen molar-refractivity contribution in [1.82, 2.24) is 19.7 Å². The van der Waals surface area contributed by atoms with Gasteiger partial charge in [-0.2, -0.15) is 5.10 Å². The molecule has 1 fully saturated rings. The third kappa shape index (κ3) is 4.21. The van der Waals surface area contributed by atoms with Crippen molar-refractivity contribution in [2.24, 2.45) is 0 Å². The maximum atomic E-state index is 13.3. The highest BCUT2D eigenvalue weighted by Crippen LogP contribution is 2.28. The first-order valence-electron chi connectivity index (χ1n) is 11.3. The van der Waals surface area contributed by atoms with Crippen LogP contribution >= 0.6 is 0 Å². The van der Waals surface area contributed by atoms with Crippen LogP contribution in [-0.2, 0) is 0 Å². The second kappa shape index (κ2) is 8.71. The number of pyridine rings is 1. The third-order valence-corrected chi connectivity index (χ3v) is 6.07. The SMILES string of the molecule is CC(C)n1ncc2c(C(=O)Nc3ccc(N4CCN(C)CC4)cc3)cc(-c3ccco3)nc21. The van der Waals surface area contributed by atoms with Gasteiger partial charge in [-0.1, -0.05) is 0 Å². The molecule has 0 aliphatic carbocycles. The molecule has 1 aliphatic heterocycles. The number of hydrogen-bond donors (Lipinski definition) is 1. The summed E-state index contributed by atoms with van der Waals surface area (Å²) in [5.74, 6) is 0.407. The van der Waals surface area contributed by atoms with Crippen LogP contribution in [0.1, 0.15) is 30.2 Å². The lowest BCUT2D eigenvalue weighted by Crippen LogP contribution is -2.44. The molecule has 0 bridgehead atoms. The first kappa shape index (κ1) is 21.2. The molecule has 1 N–H and O–H groups in total. The number of hydrogen-bond acceptors (Lipinski definition) is 6. The molecule has 1 aromatic carbocycles. The van der Waals surface area contributed by atoms with E-state index in [1.807, 2.05) is 42.8 Å². The average Bonchev–Trinajstić information content (AvgIpc) is 3.50. The Morgan fingerprint density at radius 2 is 1.85 bits per heavy atom. The number of aromatic nitrogens is 3. The molecule has 4 aromatic rings. The summed E-state index contributed by atoms with van der Waals surface area (Å²) in [4.78, 5) is 22.8. The highest BCUT2D eigenvalue weighted by Gasteiger charge is 2.20. The van der Waals surface area contributed by atoms with E-state index < -0.39 is 0 Å². The lowest BCUT2D eigenvalue weighted by molar-refractivity contribution is 0.102. The average molecular weight is 445 g/mol. The van der Waals surface area contributed by atoms with E-state index in [-0.39, 0.29) is 11.9 Å². The predicted octanol–water partition coefficient (Wildman–Crippen LogP) is 4.28. The Hall–Kier alpha value is -3.65. The molecule has 1 aliphatic rings. The summed E-state index contributed by atoms with van der Waals surface area (Å²) in [7, 11) is 2.15. The minimum absolute atomic E-state index is 0.111. The Balaban J connectivity index is 1.43. The lowest BCUT2D eigenvalue weighted by Gasteiger charge is -2.34. The molecule has 0 saturated carbocycles. The van der Waals surface area contributed by atoms with Crippen molar-refractivity contribution >= 4 is 28.3 Å². The standard InChI is InChI=1S/C25H28N6O2/c1-17(2)31-24-21(16-26-31)20(15-22(28-24)23-5-4-14-33-23)25(32)27-18-6-8-19(9-7-18)30-12-10-29(3)11-13-30/h4-9,14-17H,10-13H2,1-3H3,(H,27,32). The fraction of sp³-hybridized carbons (Fsp3) is 0.320. The number of carbonyl (C=O) groups is 1. The summed E-state index contributed by atoms with van der Waals surface area (Å²) in [6.45, 7) is 8.20. The molecule has 1 amide bonds. The second-order valence-corrected chi connectivity index (χ2v) is 8.74. The van der Waals surface area contributed by atoms with Crippen LogP contribution in [0.2, 0.25) is 0 Å². The van der Waals surface area contributed by atoms with E-state index >= 15 is 0 Å². The number of benzene rings is 1. The molecule has 0 unspecified atom stereocenters. The van der Waals surface area contributed by atoms with Gasteiger partial charge < -0.3 is 19.5 Å². The van der Waals surface area contributed by atoms with Gasteiger partial charge in [0.2, 0.25) is 0 Å². The van der Waals surface area contributed by atoms with Crippen LogP contribution in [0.5, 0.6) is 0 Å². The van der Waals surface area contributed by atoms with Crippen molar-refractivity contribution in [3.63, 3.8) is 0 Å². The number of fused-ring (bicyclic) bond motifs is 1. The van der Waals surface area contributed by atoms with Crippen LogP contribution in [0.15, 0.2) is 59.3 Å². The molecule has 33 heavy (non-hydrogen) atoms. The van der Waals surface area contributed by atoms with Gasteiger partial charge in [0, 0.05) is 43.6 Å². The minimum Gasteiger partial charge on any atom is -0.463 e. The molecule has 3 aromatic heterocycles. The number of nitrogens with zero attached hydrogens (tertiary/aromatic N) is 5. The molecule has 1 saturated heterocycles. The number of carbonyl (C=O) groups excluding carboxylic acids is 1. The predicted molar refractivity (Wildman–Crippen MR) is 130 cm³/mol. The molecule has 8 heteroatoms. The fourth-order valence-corrected chi connectivity index (χ4v) is 4.15. The van der Waals surface area contributed by atoms with Crippen LogP contribution < -0.4 is 10.2 Å². The molecule has 170 valence electrons. The molecule has 0 atom stereocenters. The minimum atomic E-state index is -0.203. The van der Waals surface area contributed by atoms with E-state index in [1.54, 1.807) is 18.5 Å². The number of nitrogens with one attached hydrogen (secondary N) is 1. The molecule has 4 heterocycles. The fourth-order valence-electron chi connectivity index (χ4n) is 4.15. The van der Waals surface area contributed by atoms with Crippen LogP contribution in [0.25, 0.3) is 22.5 Å². The van der Waals surface area contributed by atoms with Crippen LogP contribution in [0.3, 0.4) is 0 Å². The summed E-state index contributed by atoms with van der Waals surface area (Å²) in [5, 5.41) is 8.22. The van der Waals surface area contributed by atoms with Crippen molar-refractivity contribution < 1.29 is 9.21 Å². The van der Waals surface area contributed by atoms with Gasteiger partial charge in [-0.05, 0) is 63.4 Å². The van der Waals surface area contributed by atoms with Gasteiger partial charge in [0.1, 0.15) is 5.69 Å². The van der Waals surface area contributed by atoms with Crippen molar-refractivity contribution in [2.75, 3.05) is 43.4 Å². The number of rotatable bonds is 5. The molecule has 0 spiro atoms. The Morgan fingerprint density at radius 3 is 2.52 bits per heavy atom. The van der Waals surface area contributed by atoms with E-state index in [0.717, 1.165) is 31.9 Å². The van der Waals surface area contributed by atoms with E-state index in [4.69, 9.17) is 9.40 Å². The number of furan rings is 1. The highest BCUT2D eigenvalue weighted by atomic mass is 16.3. The quantitative estimate of drug-likeness (QED) is 0.495. The number of anilines is 2. The smallest absolute Gasteiger partial charge is 0.256 e. The largest absolute Gasteiger partial charge is 0.463 e. The molecule has 8 nitrogen and oxygen atoms in total. The summed E-state index contributed by atoms with van der Waals surface area (Å²) < 4.78 is 7.37. The van der Waals surface area contributed by atoms with Gasteiger partial charge in [-0.15, -0.1) is 0 Å². The Kier molecular flexibility index (Phi) is 5.60. The topological polar surface area (TPSA) is 79.4 Å².